The van der Waals surface area contributed by atoms with Crippen molar-refractivity contribution in [3.05, 3.63) is 0 Å². The Kier molecular flexibility index (Phi) is 16.8. The third-order valence-corrected chi connectivity index (χ3v) is 2.77. The number of rotatable bonds is 6. The second-order valence-corrected chi connectivity index (χ2v) is 5.86. The van der Waals surface area contributed by atoms with Gasteiger partial charge in [-0.05, 0) is 25.9 Å². The van der Waals surface area contributed by atoms with Crippen molar-refractivity contribution in [3.63, 3.8) is 0 Å². The normalized spacial score (nSPS) is 11.1. The van der Waals surface area contributed by atoms with Gasteiger partial charge in [0.05, 0.1) is 20.2 Å². The molecule has 0 fully saturated rings. The van der Waals surface area contributed by atoms with Crippen LogP contribution in [0.25, 0.3) is 0 Å². The molecule has 0 aliphatic carbocycles. The van der Waals surface area contributed by atoms with E-state index in [2.05, 4.69) is 0 Å². The van der Waals surface area contributed by atoms with Crippen LogP contribution in [0.4, 0.5) is 0 Å². The summed E-state index contributed by atoms with van der Waals surface area (Å²) < 4.78 is 58.7. The van der Waals surface area contributed by atoms with Gasteiger partial charge in [-0.2, -0.15) is 0 Å². The molecule has 0 radical (unpaired) electrons. The molecule has 0 atom stereocenters. The van der Waals surface area contributed by atoms with Gasteiger partial charge in [-0.15, -0.1) is 0 Å². The molecule has 0 spiro atoms. The summed E-state index contributed by atoms with van der Waals surface area (Å²) in [5.41, 5.74) is 9.86. The van der Waals surface area contributed by atoms with Crippen LogP contribution in [0, 0.1) is 0 Å². The first-order chi connectivity index (χ1) is 7.12. The Balaban J connectivity index is -0.000000218. The van der Waals surface area contributed by atoms with Crippen molar-refractivity contribution < 1.29 is 25.9 Å². The first-order valence-corrected chi connectivity index (χ1v) is 7.55. The largest absolute Gasteiger partial charge is 2.00 e. The zero-order chi connectivity index (χ0) is 13.2. The average molecular weight is 364 g/mol. The molecule has 0 amide bonds. The Bertz CT molecular complexity index is 319. The number of hydrogen-bond acceptors (Lipinski definition) is 8. The van der Waals surface area contributed by atoms with Gasteiger partial charge in [0.15, 0.2) is 0 Å². The second kappa shape index (κ2) is 12.3. The van der Waals surface area contributed by atoms with Gasteiger partial charge in [0.2, 0.25) is 0 Å². The van der Waals surface area contributed by atoms with E-state index in [0.717, 1.165) is 0 Å². The summed E-state index contributed by atoms with van der Waals surface area (Å²) in [5, 5.41) is 0. The summed E-state index contributed by atoms with van der Waals surface area (Å²) in [7, 11) is -8.03. The van der Waals surface area contributed by atoms with Gasteiger partial charge >= 0.3 is 45.5 Å². The summed E-state index contributed by atoms with van der Waals surface area (Å²) in [6.07, 6.45) is 0.512. The summed E-state index contributed by atoms with van der Waals surface area (Å²) >= 11 is 0. The summed E-state index contributed by atoms with van der Waals surface area (Å²) in [6.45, 7) is 0.503. The van der Waals surface area contributed by atoms with E-state index in [0.29, 0.717) is 0 Å². The maximum Gasteiger partial charge on any atom is 2.00 e. The van der Waals surface area contributed by atoms with Gasteiger partial charge < -0.3 is 20.6 Å². The molecular weight excluding hydrogens is 348 g/mol. The Hall–Kier alpha value is 1.22. The van der Waals surface area contributed by atoms with Gasteiger partial charge in [-0.1, -0.05) is 0 Å². The summed E-state index contributed by atoms with van der Waals surface area (Å²) in [6, 6.07) is 0. The van der Waals surface area contributed by atoms with Gasteiger partial charge in [0, 0.05) is 11.5 Å². The molecule has 11 heteroatoms. The zero-order valence-electron chi connectivity index (χ0n) is 9.37. The number of nitrogens with two attached hydrogens (primary N) is 2. The quantitative estimate of drug-likeness (QED) is 0.382. The van der Waals surface area contributed by atoms with Crippen molar-refractivity contribution in [2.24, 2.45) is 11.5 Å². The molecule has 0 aliphatic heterocycles. The predicted molar refractivity (Wildman–Crippen MR) is 62.2 cm³/mol. The van der Waals surface area contributed by atoms with E-state index >= 15 is 0 Å². The van der Waals surface area contributed by atoms with Gasteiger partial charge in [-0.25, -0.2) is 16.8 Å². The van der Waals surface area contributed by atoms with Crippen LogP contribution in [0.15, 0.2) is 0 Å². The fourth-order valence-corrected chi connectivity index (χ4v) is 1.56. The summed E-state index contributed by atoms with van der Waals surface area (Å²) in [4.78, 5) is 0. The van der Waals surface area contributed by atoms with Crippen LogP contribution in [0.5, 0.6) is 0 Å². The molecule has 0 saturated carbocycles. The van der Waals surface area contributed by atoms with Crippen molar-refractivity contribution >= 4 is 65.7 Å². The van der Waals surface area contributed by atoms with Crippen LogP contribution in [0.1, 0.15) is 12.8 Å². The van der Waals surface area contributed by atoms with Crippen LogP contribution in [0.3, 0.4) is 0 Å². The van der Waals surface area contributed by atoms with Crippen LogP contribution in [-0.4, -0.2) is 96.0 Å². The van der Waals surface area contributed by atoms with Crippen molar-refractivity contribution in [2.75, 3.05) is 24.6 Å². The Morgan fingerprint density at radius 3 is 1.06 bits per heavy atom. The fraction of sp³-hybridized carbons (Fsp3) is 1.00. The maximum absolute atomic E-state index is 9.78. The van der Waals surface area contributed by atoms with Crippen molar-refractivity contribution in [2.45, 2.75) is 12.8 Å². The Morgan fingerprint density at radius 2 is 1.00 bits per heavy atom. The molecule has 0 saturated heterocycles. The van der Waals surface area contributed by atoms with Gasteiger partial charge in [-0.3, -0.25) is 0 Å². The first kappa shape index (κ1) is 23.3. The molecule has 0 rings (SSSR count). The monoisotopic (exact) mass is 364 g/mol. The molecule has 100 valence electrons. The van der Waals surface area contributed by atoms with Crippen molar-refractivity contribution in [1.29, 1.82) is 0 Å². The molecular formula is C6H16N2O6S2Sr. The molecule has 0 aromatic carbocycles. The van der Waals surface area contributed by atoms with E-state index in [-0.39, 0.29) is 82.9 Å². The fourth-order valence-electron chi connectivity index (χ4n) is 0.520. The van der Waals surface area contributed by atoms with E-state index in [4.69, 9.17) is 11.5 Å². The topological polar surface area (TPSA) is 166 Å². The smallest absolute Gasteiger partial charge is 0.748 e. The Labute approximate surface area is 139 Å². The molecule has 0 aromatic heterocycles. The molecule has 4 N–H and O–H groups in total. The zero-order valence-corrected chi connectivity index (χ0v) is 14.5. The van der Waals surface area contributed by atoms with Crippen LogP contribution < -0.4 is 11.5 Å². The van der Waals surface area contributed by atoms with E-state index in [1.807, 2.05) is 0 Å². The molecule has 8 nitrogen and oxygen atoms in total. The first-order valence-electron chi connectivity index (χ1n) is 4.39. The van der Waals surface area contributed by atoms with Crippen LogP contribution >= 0.6 is 0 Å². The van der Waals surface area contributed by atoms with Crippen molar-refractivity contribution in [3.8, 4) is 0 Å². The molecule has 0 aliphatic rings. The Morgan fingerprint density at radius 1 is 0.765 bits per heavy atom. The molecule has 0 heterocycles. The third kappa shape index (κ3) is 31.7. The van der Waals surface area contributed by atoms with Crippen molar-refractivity contribution in [1.82, 2.24) is 0 Å². The second-order valence-electron chi connectivity index (χ2n) is 2.81. The molecule has 0 aromatic rings. The minimum atomic E-state index is -4.02. The van der Waals surface area contributed by atoms with E-state index in [9.17, 15) is 25.9 Å². The SMILES string of the molecule is NCCCS(=O)(=O)[O-].NCCCS(=O)(=O)[O-].[Sr+2]. The van der Waals surface area contributed by atoms with Gasteiger partial charge in [0.25, 0.3) is 0 Å². The van der Waals surface area contributed by atoms with E-state index in [1.54, 1.807) is 0 Å². The molecule has 17 heavy (non-hydrogen) atoms. The maximum atomic E-state index is 9.78. The average Bonchev–Trinajstić information content (AvgIpc) is 2.10. The van der Waals surface area contributed by atoms with Crippen LogP contribution in [-0.2, 0) is 20.2 Å². The summed E-state index contributed by atoms with van der Waals surface area (Å²) in [5.74, 6) is -0.688. The molecule has 0 bridgehead atoms. The van der Waals surface area contributed by atoms with Crippen LogP contribution in [0.2, 0.25) is 0 Å². The minimum absolute atomic E-state index is 0. The minimum Gasteiger partial charge on any atom is -0.748 e. The third-order valence-electron chi connectivity index (χ3n) is 1.20. The number of hydrogen-bond donors (Lipinski definition) is 2. The molecule has 0 unspecified atom stereocenters. The standard InChI is InChI=1S/2C3H9NO3S.Sr/c2*4-2-1-3-8(5,6)7;/h2*1-4H2,(H,5,6,7);/q;;+2/p-2. The van der Waals surface area contributed by atoms with E-state index < -0.39 is 20.2 Å². The predicted octanol–water partition coefficient (Wildman–Crippen LogP) is -2.62. The van der Waals surface area contributed by atoms with E-state index in [1.165, 1.54) is 0 Å². The van der Waals surface area contributed by atoms with Gasteiger partial charge in [0.1, 0.15) is 0 Å².